The van der Waals surface area contributed by atoms with E-state index >= 15 is 0 Å². The van der Waals surface area contributed by atoms with E-state index in [9.17, 15) is 4.79 Å². The monoisotopic (exact) mass is 302 g/mol. The molecular formula is C15H22N6O. The van der Waals surface area contributed by atoms with E-state index in [1.165, 1.54) is 12.7 Å². The number of pyridine rings is 1. The minimum Gasteiger partial charge on any atom is -0.337 e. The maximum absolute atomic E-state index is 11.9. The Labute approximate surface area is 129 Å². The van der Waals surface area contributed by atoms with Gasteiger partial charge in [0, 0.05) is 19.6 Å². The van der Waals surface area contributed by atoms with Crippen molar-refractivity contribution < 1.29 is 4.79 Å². The molecule has 7 nitrogen and oxygen atoms in total. The Balaban J connectivity index is 1.44. The number of hydrogen-bond donors (Lipinski definition) is 2. The van der Waals surface area contributed by atoms with Crippen molar-refractivity contribution in [2.24, 2.45) is 5.41 Å². The molecule has 0 saturated carbocycles. The second-order valence-corrected chi connectivity index (χ2v) is 6.55. The van der Waals surface area contributed by atoms with Crippen molar-refractivity contribution in [3.05, 3.63) is 24.7 Å². The normalized spacial score (nSPS) is 17.7. The van der Waals surface area contributed by atoms with Crippen LogP contribution >= 0.6 is 0 Å². The summed E-state index contributed by atoms with van der Waals surface area (Å²) < 4.78 is 1.63. The molecule has 0 spiro atoms. The molecule has 0 bridgehead atoms. The van der Waals surface area contributed by atoms with Gasteiger partial charge in [0.15, 0.2) is 5.65 Å². The zero-order chi connectivity index (χ0) is 15.6. The summed E-state index contributed by atoms with van der Waals surface area (Å²) in [5, 5.41) is 9.74. The van der Waals surface area contributed by atoms with Crippen molar-refractivity contribution in [1.82, 2.24) is 24.8 Å². The third-order valence-electron chi connectivity index (χ3n) is 4.00. The Morgan fingerprint density at radius 1 is 1.41 bits per heavy atom. The lowest BCUT2D eigenvalue weighted by Gasteiger charge is -2.19. The van der Waals surface area contributed by atoms with Crippen molar-refractivity contribution in [3.8, 4) is 0 Å². The molecule has 3 heterocycles. The van der Waals surface area contributed by atoms with Gasteiger partial charge in [-0.3, -0.25) is 0 Å². The fourth-order valence-electron chi connectivity index (χ4n) is 2.81. The van der Waals surface area contributed by atoms with E-state index in [1.807, 2.05) is 12.1 Å². The van der Waals surface area contributed by atoms with Crippen molar-refractivity contribution in [2.45, 2.75) is 20.3 Å². The van der Waals surface area contributed by atoms with Crippen LogP contribution in [0.3, 0.4) is 0 Å². The Hall–Kier alpha value is -2.15. The Morgan fingerprint density at radius 3 is 3.05 bits per heavy atom. The molecule has 2 aromatic heterocycles. The van der Waals surface area contributed by atoms with Gasteiger partial charge in [0.05, 0.1) is 11.9 Å². The molecule has 118 valence electrons. The van der Waals surface area contributed by atoms with E-state index in [0.29, 0.717) is 17.6 Å². The first kappa shape index (κ1) is 14.8. The van der Waals surface area contributed by atoms with Crippen molar-refractivity contribution >= 4 is 17.4 Å². The summed E-state index contributed by atoms with van der Waals surface area (Å²) in [4.78, 5) is 18.4. The maximum atomic E-state index is 11.9. The summed E-state index contributed by atoms with van der Waals surface area (Å²) in [5.41, 5.74) is 1.84. The van der Waals surface area contributed by atoms with Gasteiger partial charge in [0.1, 0.15) is 6.33 Å². The number of anilines is 1. The molecule has 0 radical (unpaired) electrons. The first-order chi connectivity index (χ1) is 10.5. The zero-order valence-electron chi connectivity index (χ0n) is 13.0. The predicted molar refractivity (Wildman–Crippen MR) is 84.8 cm³/mol. The highest BCUT2D eigenvalue weighted by Gasteiger charge is 2.28. The van der Waals surface area contributed by atoms with Gasteiger partial charge in [-0.25, -0.2) is 14.3 Å². The number of aromatic nitrogens is 3. The molecule has 1 fully saturated rings. The van der Waals surface area contributed by atoms with Crippen molar-refractivity contribution in [3.63, 3.8) is 0 Å². The number of urea groups is 1. The number of nitrogens with zero attached hydrogens (tertiary/aromatic N) is 4. The molecule has 0 atom stereocenters. The topological polar surface area (TPSA) is 74.6 Å². The molecule has 0 aliphatic carbocycles. The largest absolute Gasteiger partial charge is 0.337 e. The van der Waals surface area contributed by atoms with Gasteiger partial charge in [-0.1, -0.05) is 13.8 Å². The molecule has 1 saturated heterocycles. The quantitative estimate of drug-likeness (QED) is 0.899. The van der Waals surface area contributed by atoms with Gasteiger partial charge in [-0.2, -0.15) is 5.10 Å². The molecular weight excluding hydrogens is 280 g/mol. The van der Waals surface area contributed by atoms with Crippen molar-refractivity contribution in [1.29, 1.82) is 0 Å². The summed E-state index contributed by atoms with van der Waals surface area (Å²) in [7, 11) is 0. The van der Waals surface area contributed by atoms with Crippen LogP contribution < -0.4 is 10.6 Å². The SMILES string of the molecule is CC1(C)CCN(CCNC(=O)Nc2ccc3ncnn3c2)C1. The average molecular weight is 302 g/mol. The summed E-state index contributed by atoms with van der Waals surface area (Å²) in [6, 6.07) is 3.43. The second-order valence-electron chi connectivity index (χ2n) is 6.55. The van der Waals surface area contributed by atoms with Crippen LogP contribution in [0.25, 0.3) is 5.65 Å². The summed E-state index contributed by atoms with van der Waals surface area (Å²) >= 11 is 0. The van der Waals surface area contributed by atoms with Gasteiger partial charge < -0.3 is 15.5 Å². The summed E-state index contributed by atoms with van der Waals surface area (Å²) in [6.07, 6.45) is 4.44. The third kappa shape index (κ3) is 3.54. The molecule has 0 unspecified atom stereocenters. The van der Waals surface area contributed by atoms with E-state index in [2.05, 4.69) is 39.5 Å². The third-order valence-corrected chi connectivity index (χ3v) is 4.00. The Morgan fingerprint density at radius 2 is 2.27 bits per heavy atom. The van der Waals surface area contributed by atoms with E-state index in [0.717, 1.165) is 25.3 Å². The smallest absolute Gasteiger partial charge is 0.319 e. The molecule has 0 aromatic carbocycles. The maximum Gasteiger partial charge on any atom is 0.319 e. The number of carbonyl (C=O) groups is 1. The number of amides is 2. The van der Waals surface area contributed by atoms with Crippen LogP contribution in [0.15, 0.2) is 24.7 Å². The number of rotatable bonds is 4. The highest BCUT2D eigenvalue weighted by Crippen LogP contribution is 2.28. The Bertz CT molecular complexity index is 665. The highest BCUT2D eigenvalue weighted by atomic mass is 16.2. The molecule has 3 rings (SSSR count). The van der Waals surface area contributed by atoms with Gasteiger partial charge >= 0.3 is 6.03 Å². The number of likely N-dealkylation sites (tertiary alicyclic amines) is 1. The minimum absolute atomic E-state index is 0.196. The van der Waals surface area contributed by atoms with Crippen molar-refractivity contribution in [2.75, 3.05) is 31.5 Å². The van der Waals surface area contributed by atoms with Crippen LogP contribution in [0.4, 0.5) is 10.5 Å². The zero-order valence-corrected chi connectivity index (χ0v) is 13.0. The van der Waals surface area contributed by atoms with Crippen LogP contribution in [-0.2, 0) is 0 Å². The lowest BCUT2D eigenvalue weighted by molar-refractivity contribution is 0.247. The van der Waals surface area contributed by atoms with E-state index < -0.39 is 0 Å². The first-order valence-corrected chi connectivity index (χ1v) is 7.58. The first-order valence-electron chi connectivity index (χ1n) is 7.58. The van der Waals surface area contributed by atoms with Gasteiger partial charge in [0.25, 0.3) is 0 Å². The number of hydrogen-bond acceptors (Lipinski definition) is 4. The Kier molecular flexibility index (Phi) is 3.98. The molecule has 2 aromatic rings. The van der Waals surface area contributed by atoms with E-state index in [4.69, 9.17) is 0 Å². The number of nitrogens with one attached hydrogen (secondary N) is 2. The molecule has 1 aliphatic rings. The fourth-order valence-corrected chi connectivity index (χ4v) is 2.81. The number of carbonyl (C=O) groups excluding carboxylic acids is 1. The van der Waals surface area contributed by atoms with Gasteiger partial charge in [-0.05, 0) is 30.5 Å². The molecule has 22 heavy (non-hydrogen) atoms. The minimum atomic E-state index is -0.196. The van der Waals surface area contributed by atoms with Gasteiger partial charge in [0.2, 0.25) is 0 Å². The number of fused-ring (bicyclic) bond motifs is 1. The van der Waals surface area contributed by atoms with Crippen LogP contribution in [0.2, 0.25) is 0 Å². The predicted octanol–water partition coefficient (Wildman–Crippen LogP) is 1.58. The lowest BCUT2D eigenvalue weighted by Crippen LogP contribution is -2.36. The molecule has 1 aliphatic heterocycles. The summed E-state index contributed by atoms with van der Waals surface area (Å²) in [5.74, 6) is 0. The van der Waals surface area contributed by atoms with E-state index in [1.54, 1.807) is 10.7 Å². The van der Waals surface area contributed by atoms with E-state index in [-0.39, 0.29) is 6.03 Å². The average Bonchev–Trinajstić information content (AvgIpc) is 3.04. The lowest BCUT2D eigenvalue weighted by atomic mass is 9.93. The molecule has 7 heteroatoms. The molecule has 2 N–H and O–H groups in total. The second kappa shape index (κ2) is 5.92. The van der Waals surface area contributed by atoms with Crippen LogP contribution in [-0.4, -0.2) is 51.7 Å². The van der Waals surface area contributed by atoms with Crippen LogP contribution in [0.5, 0.6) is 0 Å². The molecule has 2 amide bonds. The fraction of sp³-hybridized carbons (Fsp3) is 0.533. The summed E-state index contributed by atoms with van der Waals surface area (Å²) in [6.45, 7) is 8.31. The standard InChI is InChI=1S/C15H22N6O/c1-15(2)5-7-20(10-15)8-6-16-14(22)19-12-3-4-13-17-11-18-21(13)9-12/h3-4,9,11H,5-8,10H2,1-2H3,(H2,16,19,22). The van der Waals surface area contributed by atoms with Gasteiger partial charge in [-0.15, -0.1) is 0 Å². The highest BCUT2D eigenvalue weighted by molar-refractivity contribution is 5.89. The van der Waals surface area contributed by atoms with Crippen LogP contribution in [0, 0.1) is 5.41 Å². The van der Waals surface area contributed by atoms with Crippen LogP contribution in [0.1, 0.15) is 20.3 Å².